The second kappa shape index (κ2) is 5.55. The number of aryl methyl sites for hydroxylation is 1. The highest BCUT2D eigenvalue weighted by molar-refractivity contribution is 6.30. The van der Waals surface area contributed by atoms with E-state index in [0.29, 0.717) is 0 Å². The molecule has 1 N–H and O–H groups in total. The van der Waals surface area contributed by atoms with E-state index in [1.165, 1.54) is 5.56 Å². The van der Waals surface area contributed by atoms with Gasteiger partial charge in [0.1, 0.15) is 5.82 Å². The molecule has 1 heterocycles. The van der Waals surface area contributed by atoms with E-state index in [-0.39, 0.29) is 12.1 Å². The molecule has 0 radical (unpaired) electrons. The summed E-state index contributed by atoms with van der Waals surface area (Å²) in [4.78, 5) is 4.36. The minimum absolute atomic E-state index is 0.204. The fourth-order valence-corrected chi connectivity index (χ4v) is 2.22. The number of halogens is 1. The van der Waals surface area contributed by atoms with E-state index in [9.17, 15) is 0 Å². The molecular weight excluding hydrogens is 246 g/mol. The molecule has 0 aliphatic carbocycles. The summed E-state index contributed by atoms with van der Waals surface area (Å²) in [5.74, 6) is 1.04. The first kappa shape index (κ1) is 13.1. The first-order valence-corrected chi connectivity index (χ1v) is 6.44. The largest absolute Gasteiger partial charge is 0.337 e. The number of imidazole rings is 1. The highest BCUT2D eigenvalue weighted by atomic mass is 35.5. The second-order valence-electron chi connectivity index (χ2n) is 4.56. The highest BCUT2D eigenvalue weighted by Gasteiger charge is 2.14. The number of nitrogens with one attached hydrogen (secondary N) is 1. The summed E-state index contributed by atoms with van der Waals surface area (Å²) in [6, 6.07) is 8.39. The zero-order valence-corrected chi connectivity index (χ0v) is 11.6. The van der Waals surface area contributed by atoms with Gasteiger partial charge in [0.15, 0.2) is 0 Å². The van der Waals surface area contributed by atoms with Gasteiger partial charge in [0.2, 0.25) is 0 Å². The van der Waals surface area contributed by atoms with E-state index in [0.717, 1.165) is 10.8 Å². The van der Waals surface area contributed by atoms with Crippen LogP contribution < -0.4 is 5.32 Å². The highest BCUT2D eigenvalue weighted by Crippen LogP contribution is 2.19. The van der Waals surface area contributed by atoms with Crippen LogP contribution in [0.4, 0.5) is 0 Å². The van der Waals surface area contributed by atoms with Gasteiger partial charge in [-0.05, 0) is 31.5 Å². The molecule has 0 amide bonds. The van der Waals surface area contributed by atoms with Gasteiger partial charge in [0.25, 0.3) is 0 Å². The Kier molecular flexibility index (Phi) is 4.04. The van der Waals surface area contributed by atoms with Crippen molar-refractivity contribution < 1.29 is 0 Å². The molecule has 1 aromatic carbocycles. The van der Waals surface area contributed by atoms with Gasteiger partial charge in [-0.1, -0.05) is 23.7 Å². The SMILES string of the molecule is CC(NC(C)c1nccn1C)c1ccc(Cl)cc1. The van der Waals surface area contributed by atoms with Gasteiger partial charge in [-0.3, -0.25) is 0 Å². The summed E-state index contributed by atoms with van der Waals surface area (Å²) in [5.41, 5.74) is 1.22. The zero-order valence-electron chi connectivity index (χ0n) is 10.9. The monoisotopic (exact) mass is 263 g/mol. The number of rotatable bonds is 4. The topological polar surface area (TPSA) is 29.9 Å². The molecule has 0 spiro atoms. The van der Waals surface area contributed by atoms with Gasteiger partial charge >= 0.3 is 0 Å². The molecule has 0 bridgehead atoms. The summed E-state index contributed by atoms with van der Waals surface area (Å²) >= 11 is 5.89. The summed E-state index contributed by atoms with van der Waals surface area (Å²) in [7, 11) is 2.01. The maximum absolute atomic E-state index is 5.89. The van der Waals surface area contributed by atoms with Crippen molar-refractivity contribution in [2.45, 2.75) is 25.9 Å². The Morgan fingerprint density at radius 3 is 2.39 bits per heavy atom. The Labute approximate surface area is 113 Å². The van der Waals surface area contributed by atoms with Crippen molar-refractivity contribution in [3.8, 4) is 0 Å². The summed E-state index contributed by atoms with van der Waals surface area (Å²) < 4.78 is 2.03. The van der Waals surface area contributed by atoms with Crippen LogP contribution >= 0.6 is 11.6 Å². The predicted molar refractivity (Wildman–Crippen MR) is 74.6 cm³/mol. The van der Waals surface area contributed by atoms with Crippen LogP contribution in [0.1, 0.15) is 37.3 Å². The van der Waals surface area contributed by atoms with Gasteiger partial charge in [-0.25, -0.2) is 4.98 Å². The molecule has 0 aliphatic heterocycles. The second-order valence-corrected chi connectivity index (χ2v) is 4.99. The Morgan fingerprint density at radius 2 is 1.83 bits per heavy atom. The molecule has 0 saturated carbocycles. The lowest BCUT2D eigenvalue weighted by Gasteiger charge is -2.20. The molecule has 4 heteroatoms. The molecule has 2 rings (SSSR count). The first-order valence-electron chi connectivity index (χ1n) is 6.06. The fourth-order valence-electron chi connectivity index (χ4n) is 2.09. The number of hydrogen-bond donors (Lipinski definition) is 1. The number of aromatic nitrogens is 2. The molecule has 18 heavy (non-hydrogen) atoms. The van der Waals surface area contributed by atoms with Crippen LogP contribution in [0.25, 0.3) is 0 Å². The van der Waals surface area contributed by atoms with E-state index >= 15 is 0 Å². The van der Waals surface area contributed by atoms with Crippen molar-refractivity contribution in [2.75, 3.05) is 0 Å². The lowest BCUT2D eigenvalue weighted by atomic mass is 10.1. The van der Waals surface area contributed by atoms with Crippen molar-refractivity contribution in [3.63, 3.8) is 0 Å². The molecule has 2 atom stereocenters. The van der Waals surface area contributed by atoms with Gasteiger partial charge in [-0.15, -0.1) is 0 Å². The molecule has 2 unspecified atom stereocenters. The molecule has 1 aromatic heterocycles. The minimum atomic E-state index is 0.204. The lowest BCUT2D eigenvalue weighted by Crippen LogP contribution is -2.24. The maximum atomic E-state index is 5.89. The normalized spacial score (nSPS) is 14.4. The van der Waals surface area contributed by atoms with Gasteiger partial charge in [-0.2, -0.15) is 0 Å². The van der Waals surface area contributed by atoms with Crippen LogP contribution in [-0.4, -0.2) is 9.55 Å². The minimum Gasteiger partial charge on any atom is -0.337 e. The van der Waals surface area contributed by atoms with E-state index in [4.69, 9.17) is 11.6 Å². The third kappa shape index (κ3) is 2.92. The van der Waals surface area contributed by atoms with Crippen molar-refractivity contribution in [2.24, 2.45) is 7.05 Å². The van der Waals surface area contributed by atoms with E-state index in [1.807, 2.05) is 48.3 Å². The van der Waals surface area contributed by atoms with Crippen LogP contribution in [0.15, 0.2) is 36.7 Å². The molecule has 0 aliphatic rings. The molecule has 0 fully saturated rings. The predicted octanol–water partition coefficient (Wildman–Crippen LogP) is 3.49. The van der Waals surface area contributed by atoms with E-state index in [2.05, 4.69) is 24.1 Å². The van der Waals surface area contributed by atoms with Crippen LogP contribution in [0.3, 0.4) is 0 Å². The third-order valence-corrected chi connectivity index (χ3v) is 3.37. The Bertz CT molecular complexity index is 504. The molecular formula is C14H18ClN3. The van der Waals surface area contributed by atoms with Crippen LogP contribution in [-0.2, 0) is 7.05 Å². The molecule has 3 nitrogen and oxygen atoms in total. The molecule has 0 saturated heterocycles. The van der Waals surface area contributed by atoms with Gasteiger partial charge < -0.3 is 9.88 Å². The Morgan fingerprint density at radius 1 is 1.17 bits per heavy atom. The smallest absolute Gasteiger partial charge is 0.125 e. The van der Waals surface area contributed by atoms with Crippen molar-refractivity contribution in [1.29, 1.82) is 0 Å². The molecule has 2 aromatic rings. The van der Waals surface area contributed by atoms with Crippen molar-refractivity contribution >= 4 is 11.6 Å². The van der Waals surface area contributed by atoms with Crippen LogP contribution in [0, 0.1) is 0 Å². The van der Waals surface area contributed by atoms with Crippen molar-refractivity contribution in [1.82, 2.24) is 14.9 Å². The molecule has 96 valence electrons. The quantitative estimate of drug-likeness (QED) is 0.915. The zero-order chi connectivity index (χ0) is 13.1. The van der Waals surface area contributed by atoms with Crippen molar-refractivity contribution in [3.05, 3.63) is 53.1 Å². The van der Waals surface area contributed by atoms with Gasteiger partial charge in [0, 0.05) is 30.5 Å². The van der Waals surface area contributed by atoms with E-state index < -0.39 is 0 Å². The van der Waals surface area contributed by atoms with Crippen LogP contribution in [0.2, 0.25) is 5.02 Å². The standard InChI is InChI=1S/C14H18ClN3/c1-10(12-4-6-13(15)7-5-12)17-11(2)14-16-8-9-18(14)3/h4-11,17H,1-3H3. The summed E-state index contributed by atoms with van der Waals surface area (Å²) in [5, 5.41) is 4.30. The maximum Gasteiger partial charge on any atom is 0.125 e. The van der Waals surface area contributed by atoms with E-state index in [1.54, 1.807) is 0 Å². The average Bonchev–Trinajstić information content (AvgIpc) is 2.76. The van der Waals surface area contributed by atoms with Crippen LogP contribution in [0.5, 0.6) is 0 Å². The number of benzene rings is 1. The fraction of sp³-hybridized carbons (Fsp3) is 0.357. The number of hydrogen-bond acceptors (Lipinski definition) is 2. The average molecular weight is 264 g/mol. The first-order chi connectivity index (χ1) is 8.58. The summed E-state index contributed by atoms with van der Waals surface area (Å²) in [6.07, 6.45) is 3.78. The van der Waals surface area contributed by atoms with Gasteiger partial charge in [0.05, 0.1) is 6.04 Å². The third-order valence-electron chi connectivity index (χ3n) is 3.12. The lowest BCUT2D eigenvalue weighted by molar-refractivity contribution is 0.467. The summed E-state index contributed by atoms with van der Waals surface area (Å²) in [6.45, 7) is 4.26. The Balaban J connectivity index is 2.05. The Hall–Kier alpha value is -1.32. The number of nitrogens with zero attached hydrogens (tertiary/aromatic N) is 2.